The van der Waals surface area contributed by atoms with Crippen LogP contribution in [0.5, 0.6) is 11.5 Å². The van der Waals surface area contributed by atoms with Crippen LogP contribution < -0.4 is 14.8 Å². The van der Waals surface area contributed by atoms with Crippen LogP contribution in [-0.2, 0) is 11.4 Å². The summed E-state index contributed by atoms with van der Waals surface area (Å²) in [7, 11) is 0. The number of nitrogens with one attached hydrogen (secondary N) is 1. The number of anilines is 1. The van der Waals surface area contributed by atoms with Crippen molar-refractivity contribution in [2.45, 2.75) is 13.5 Å². The lowest BCUT2D eigenvalue weighted by molar-refractivity contribution is -0.118. The van der Waals surface area contributed by atoms with Crippen molar-refractivity contribution in [2.24, 2.45) is 0 Å². The second-order valence-electron chi connectivity index (χ2n) is 6.02. The third kappa shape index (κ3) is 5.50. The van der Waals surface area contributed by atoms with Gasteiger partial charge in [-0.2, -0.15) is 0 Å². The quantitative estimate of drug-likeness (QED) is 0.608. The summed E-state index contributed by atoms with van der Waals surface area (Å²) < 4.78 is 11.4. The first-order valence-electron chi connectivity index (χ1n) is 8.56. The topological polar surface area (TPSA) is 47.6 Å². The Morgan fingerprint density at radius 1 is 0.963 bits per heavy atom. The van der Waals surface area contributed by atoms with Crippen LogP contribution in [0.1, 0.15) is 11.1 Å². The van der Waals surface area contributed by atoms with Crippen LogP contribution in [-0.4, -0.2) is 12.5 Å². The van der Waals surface area contributed by atoms with Crippen molar-refractivity contribution in [1.82, 2.24) is 0 Å². The smallest absolute Gasteiger partial charge is 0.262 e. The first kappa shape index (κ1) is 18.8. The van der Waals surface area contributed by atoms with E-state index in [1.165, 1.54) is 0 Å². The van der Waals surface area contributed by atoms with Crippen molar-refractivity contribution in [3.05, 3.63) is 88.9 Å². The van der Waals surface area contributed by atoms with E-state index in [1.54, 1.807) is 24.3 Å². The van der Waals surface area contributed by atoms with Crippen molar-refractivity contribution >= 4 is 23.2 Å². The maximum atomic E-state index is 12.2. The molecule has 0 unspecified atom stereocenters. The molecule has 0 aliphatic rings. The van der Waals surface area contributed by atoms with E-state index in [9.17, 15) is 4.79 Å². The van der Waals surface area contributed by atoms with Gasteiger partial charge in [-0.1, -0.05) is 54.1 Å². The lowest BCUT2D eigenvalue weighted by Crippen LogP contribution is -2.20. The molecule has 0 heterocycles. The van der Waals surface area contributed by atoms with E-state index in [0.717, 1.165) is 11.1 Å². The van der Waals surface area contributed by atoms with Gasteiger partial charge < -0.3 is 14.8 Å². The highest BCUT2D eigenvalue weighted by Gasteiger charge is 2.09. The summed E-state index contributed by atoms with van der Waals surface area (Å²) >= 11 is 5.99. The molecule has 3 aromatic carbocycles. The predicted molar refractivity (Wildman–Crippen MR) is 108 cm³/mol. The average molecular weight is 382 g/mol. The molecule has 1 amide bonds. The molecule has 0 bridgehead atoms. The second kappa shape index (κ2) is 9.10. The lowest BCUT2D eigenvalue weighted by atomic mass is 10.2. The van der Waals surface area contributed by atoms with Gasteiger partial charge >= 0.3 is 0 Å². The fourth-order valence-corrected chi connectivity index (χ4v) is 2.59. The monoisotopic (exact) mass is 381 g/mol. The van der Waals surface area contributed by atoms with E-state index < -0.39 is 0 Å². The molecule has 0 aromatic heterocycles. The van der Waals surface area contributed by atoms with E-state index in [1.807, 2.05) is 55.5 Å². The average Bonchev–Trinajstić information content (AvgIpc) is 2.69. The van der Waals surface area contributed by atoms with E-state index >= 15 is 0 Å². The van der Waals surface area contributed by atoms with Gasteiger partial charge in [-0.05, 0) is 48.4 Å². The zero-order valence-electron chi connectivity index (χ0n) is 14.9. The van der Waals surface area contributed by atoms with Crippen molar-refractivity contribution in [2.75, 3.05) is 11.9 Å². The van der Waals surface area contributed by atoms with Crippen molar-refractivity contribution in [1.29, 1.82) is 0 Å². The zero-order chi connectivity index (χ0) is 19.1. The first-order chi connectivity index (χ1) is 13.1. The van der Waals surface area contributed by atoms with Crippen molar-refractivity contribution in [3.8, 4) is 11.5 Å². The van der Waals surface area contributed by atoms with E-state index in [-0.39, 0.29) is 12.5 Å². The number of benzene rings is 3. The molecule has 0 atom stereocenters. The number of aryl methyl sites for hydroxylation is 1. The molecule has 3 rings (SSSR count). The van der Waals surface area contributed by atoms with Crippen LogP contribution in [0.3, 0.4) is 0 Å². The summed E-state index contributed by atoms with van der Waals surface area (Å²) in [6, 6.07) is 22.5. The Balaban J connectivity index is 1.58. The molecule has 138 valence electrons. The highest BCUT2D eigenvalue weighted by molar-refractivity contribution is 6.31. The Hall–Kier alpha value is -2.98. The normalized spacial score (nSPS) is 10.3. The number of carbonyl (C=O) groups is 1. The summed E-state index contributed by atoms with van der Waals surface area (Å²) in [5.41, 5.74) is 2.56. The number of hydrogen-bond donors (Lipinski definition) is 1. The molecule has 0 aliphatic heterocycles. The number of para-hydroxylation sites is 2. The molecular formula is C22H20ClNO3. The lowest BCUT2D eigenvalue weighted by Gasteiger charge is -2.13. The zero-order valence-corrected chi connectivity index (χ0v) is 15.7. The minimum Gasteiger partial charge on any atom is -0.487 e. The minimum atomic E-state index is -0.265. The Kier molecular flexibility index (Phi) is 6.34. The van der Waals surface area contributed by atoms with Gasteiger partial charge in [0.25, 0.3) is 5.91 Å². The van der Waals surface area contributed by atoms with Gasteiger partial charge in [0.15, 0.2) is 6.61 Å². The number of rotatable bonds is 7. The standard InChI is InChI=1S/C22H20ClNO3/c1-16-13-18(11-12-19(16)23)26-15-22(25)24-20-9-5-6-10-21(20)27-14-17-7-3-2-4-8-17/h2-13H,14-15H2,1H3,(H,24,25). The minimum absolute atomic E-state index is 0.103. The van der Waals surface area contributed by atoms with E-state index in [4.69, 9.17) is 21.1 Å². The molecule has 0 spiro atoms. The molecule has 5 heteroatoms. The highest BCUT2D eigenvalue weighted by atomic mass is 35.5. The number of hydrogen-bond acceptors (Lipinski definition) is 3. The summed E-state index contributed by atoms with van der Waals surface area (Å²) in [5.74, 6) is 0.941. The molecule has 0 saturated carbocycles. The molecule has 0 saturated heterocycles. The maximum absolute atomic E-state index is 12.2. The molecule has 3 aromatic rings. The maximum Gasteiger partial charge on any atom is 0.262 e. The number of amides is 1. The third-order valence-corrected chi connectivity index (χ3v) is 4.32. The molecule has 0 fully saturated rings. The van der Waals surface area contributed by atoms with Gasteiger partial charge in [0.05, 0.1) is 5.69 Å². The van der Waals surface area contributed by atoms with Gasteiger partial charge in [0.2, 0.25) is 0 Å². The Labute approximate surface area is 163 Å². The molecule has 1 N–H and O–H groups in total. The molecule has 27 heavy (non-hydrogen) atoms. The van der Waals surface area contributed by atoms with Crippen molar-refractivity contribution in [3.63, 3.8) is 0 Å². The first-order valence-corrected chi connectivity index (χ1v) is 8.94. The predicted octanol–water partition coefficient (Wildman–Crippen LogP) is 5.24. The highest BCUT2D eigenvalue weighted by Crippen LogP contribution is 2.25. The number of carbonyl (C=O) groups excluding carboxylic acids is 1. The molecule has 0 radical (unpaired) electrons. The summed E-state index contributed by atoms with van der Waals surface area (Å²) in [6.45, 7) is 2.21. The SMILES string of the molecule is Cc1cc(OCC(=O)Nc2ccccc2OCc2ccccc2)ccc1Cl. The van der Waals surface area contributed by atoms with Crippen LogP contribution in [0.15, 0.2) is 72.8 Å². The van der Waals surface area contributed by atoms with Gasteiger partial charge in [-0.15, -0.1) is 0 Å². The van der Waals surface area contributed by atoms with Gasteiger partial charge in [-0.25, -0.2) is 0 Å². The Morgan fingerprint density at radius 2 is 1.70 bits per heavy atom. The summed E-state index contributed by atoms with van der Waals surface area (Å²) in [4.78, 5) is 12.2. The van der Waals surface area contributed by atoms with Crippen LogP contribution in [0.25, 0.3) is 0 Å². The molecule has 4 nitrogen and oxygen atoms in total. The van der Waals surface area contributed by atoms with Crippen molar-refractivity contribution < 1.29 is 14.3 Å². The summed E-state index contributed by atoms with van der Waals surface area (Å²) in [5, 5.41) is 3.49. The third-order valence-electron chi connectivity index (χ3n) is 3.90. The Bertz CT molecular complexity index is 912. The van der Waals surface area contributed by atoms with Crippen LogP contribution in [0, 0.1) is 6.92 Å². The van der Waals surface area contributed by atoms with Crippen LogP contribution in [0.2, 0.25) is 5.02 Å². The van der Waals surface area contributed by atoms with Gasteiger partial charge in [-0.3, -0.25) is 4.79 Å². The number of halogens is 1. The van der Waals surface area contributed by atoms with Gasteiger partial charge in [0.1, 0.15) is 18.1 Å². The fourth-order valence-electron chi connectivity index (χ4n) is 2.47. The van der Waals surface area contributed by atoms with Crippen LogP contribution >= 0.6 is 11.6 Å². The van der Waals surface area contributed by atoms with Crippen LogP contribution in [0.4, 0.5) is 5.69 Å². The van der Waals surface area contributed by atoms with E-state index in [0.29, 0.717) is 28.8 Å². The largest absolute Gasteiger partial charge is 0.487 e. The molecule has 0 aliphatic carbocycles. The Morgan fingerprint density at radius 3 is 2.48 bits per heavy atom. The second-order valence-corrected chi connectivity index (χ2v) is 6.43. The number of ether oxygens (including phenoxy) is 2. The summed E-state index contributed by atoms with van der Waals surface area (Å²) in [6.07, 6.45) is 0. The van der Waals surface area contributed by atoms with E-state index in [2.05, 4.69) is 5.32 Å². The molecular weight excluding hydrogens is 362 g/mol. The van der Waals surface area contributed by atoms with Gasteiger partial charge in [0, 0.05) is 5.02 Å². The fraction of sp³-hybridized carbons (Fsp3) is 0.136.